The fraction of sp³-hybridized carbons (Fsp3) is 0.524. The topological polar surface area (TPSA) is 65.1 Å². The molecule has 1 spiro atoms. The molecule has 2 bridgehead atoms. The number of nitrogens with zero attached hydrogens (tertiary/aromatic N) is 1. The molecule has 144 valence electrons. The fourth-order valence-corrected chi connectivity index (χ4v) is 4.79. The molecule has 5 atom stereocenters. The zero-order valence-corrected chi connectivity index (χ0v) is 15.9. The molecule has 0 radical (unpaired) electrons. The van der Waals surface area contributed by atoms with Crippen LogP contribution in [0, 0.1) is 11.8 Å². The number of esters is 1. The second-order valence-corrected chi connectivity index (χ2v) is 7.32. The Labute approximate surface area is 159 Å². The van der Waals surface area contributed by atoms with Gasteiger partial charge in [0.25, 0.3) is 0 Å². The number of carbonyl (C=O) groups is 2. The Morgan fingerprint density at radius 2 is 2.07 bits per heavy atom. The number of amides is 1. The zero-order valence-electron chi connectivity index (χ0n) is 15.9. The van der Waals surface area contributed by atoms with Crippen molar-refractivity contribution < 1.29 is 23.8 Å². The summed E-state index contributed by atoms with van der Waals surface area (Å²) in [5, 5.41) is 0. The first-order valence-corrected chi connectivity index (χ1v) is 9.53. The molecule has 27 heavy (non-hydrogen) atoms. The van der Waals surface area contributed by atoms with Gasteiger partial charge in [0.2, 0.25) is 5.91 Å². The molecule has 2 saturated heterocycles. The van der Waals surface area contributed by atoms with Crippen LogP contribution in [0.5, 0.6) is 5.75 Å². The van der Waals surface area contributed by atoms with Gasteiger partial charge in [-0.05, 0) is 31.0 Å². The molecule has 0 aromatic heterocycles. The van der Waals surface area contributed by atoms with Crippen molar-refractivity contribution in [2.45, 2.75) is 38.0 Å². The van der Waals surface area contributed by atoms with E-state index in [0.717, 1.165) is 17.7 Å². The molecule has 1 amide bonds. The molecular formula is C21H25NO5. The summed E-state index contributed by atoms with van der Waals surface area (Å²) in [4.78, 5) is 27.5. The van der Waals surface area contributed by atoms with Gasteiger partial charge in [-0.3, -0.25) is 9.59 Å². The lowest BCUT2D eigenvalue weighted by molar-refractivity contribution is -0.151. The summed E-state index contributed by atoms with van der Waals surface area (Å²) in [6.45, 7) is 5.09. The van der Waals surface area contributed by atoms with Crippen LogP contribution in [0.3, 0.4) is 0 Å². The normalized spacial score (nSPS) is 31.9. The van der Waals surface area contributed by atoms with Crippen LogP contribution < -0.4 is 4.74 Å². The Bertz CT molecular complexity index is 773. The molecule has 5 unspecified atom stereocenters. The minimum absolute atomic E-state index is 0.0296. The highest BCUT2D eigenvalue weighted by atomic mass is 16.5. The summed E-state index contributed by atoms with van der Waals surface area (Å²) in [5.41, 5.74) is 0.345. The molecule has 0 saturated carbocycles. The van der Waals surface area contributed by atoms with Gasteiger partial charge >= 0.3 is 5.97 Å². The average Bonchev–Trinajstić information content (AvgIpc) is 3.32. The van der Waals surface area contributed by atoms with Gasteiger partial charge in [-0.25, -0.2) is 0 Å². The first kappa shape index (κ1) is 18.0. The van der Waals surface area contributed by atoms with Crippen molar-refractivity contribution in [2.75, 3.05) is 20.3 Å². The number of ether oxygens (including phenoxy) is 3. The van der Waals surface area contributed by atoms with Gasteiger partial charge in [-0.15, -0.1) is 0 Å². The van der Waals surface area contributed by atoms with Gasteiger partial charge in [-0.2, -0.15) is 0 Å². The molecule has 0 N–H and O–H groups in total. The summed E-state index contributed by atoms with van der Waals surface area (Å²) < 4.78 is 16.6. The van der Waals surface area contributed by atoms with E-state index in [1.165, 1.54) is 7.11 Å². The molecular weight excluding hydrogens is 346 g/mol. The van der Waals surface area contributed by atoms with Crippen LogP contribution in [-0.2, 0) is 19.1 Å². The van der Waals surface area contributed by atoms with Crippen molar-refractivity contribution in [1.82, 2.24) is 4.90 Å². The lowest BCUT2D eigenvalue weighted by Crippen LogP contribution is -2.39. The van der Waals surface area contributed by atoms with Crippen molar-refractivity contribution in [3.05, 3.63) is 42.0 Å². The predicted molar refractivity (Wildman–Crippen MR) is 98.1 cm³/mol. The number of benzene rings is 1. The van der Waals surface area contributed by atoms with Crippen molar-refractivity contribution in [2.24, 2.45) is 11.8 Å². The summed E-state index contributed by atoms with van der Waals surface area (Å²) >= 11 is 0. The van der Waals surface area contributed by atoms with Crippen LogP contribution in [0.2, 0.25) is 0 Å². The molecule has 4 rings (SSSR count). The predicted octanol–water partition coefficient (Wildman–Crippen LogP) is 2.49. The van der Waals surface area contributed by atoms with E-state index in [-0.39, 0.29) is 24.0 Å². The van der Waals surface area contributed by atoms with Crippen molar-refractivity contribution in [1.29, 1.82) is 0 Å². The van der Waals surface area contributed by atoms with E-state index >= 15 is 0 Å². The van der Waals surface area contributed by atoms with E-state index in [4.69, 9.17) is 14.2 Å². The number of methoxy groups -OCH3 is 1. The van der Waals surface area contributed by atoms with E-state index in [1.807, 2.05) is 48.2 Å². The summed E-state index contributed by atoms with van der Waals surface area (Å²) in [6.07, 6.45) is 4.27. The third-order valence-corrected chi connectivity index (χ3v) is 5.94. The quantitative estimate of drug-likeness (QED) is 0.568. The summed E-state index contributed by atoms with van der Waals surface area (Å²) in [6, 6.07) is 7.80. The maximum atomic E-state index is 13.3. The van der Waals surface area contributed by atoms with Crippen molar-refractivity contribution >= 4 is 11.9 Å². The molecule has 3 aliphatic rings. The van der Waals surface area contributed by atoms with Gasteiger partial charge in [0.15, 0.2) is 0 Å². The third kappa shape index (κ3) is 2.65. The number of carbonyl (C=O) groups excluding carboxylic acids is 2. The Morgan fingerprint density at radius 3 is 2.70 bits per heavy atom. The molecule has 6 heteroatoms. The zero-order chi connectivity index (χ0) is 19.2. The standard InChI is InChI=1S/C21H25NO5/c1-4-15(13-6-8-14(9-7-13)26-5-2)22-12-21-11-10-16(27-21)17(20(24)25-3)18(21)19(22)23/h6-11,15-18H,4-5,12H2,1-3H3. The van der Waals surface area contributed by atoms with E-state index in [2.05, 4.69) is 6.92 Å². The average molecular weight is 371 g/mol. The Hall–Kier alpha value is -2.34. The molecule has 3 aliphatic heterocycles. The van der Waals surface area contributed by atoms with E-state index in [1.54, 1.807) is 0 Å². The molecule has 3 heterocycles. The summed E-state index contributed by atoms with van der Waals surface area (Å²) in [7, 11) is 1.36. The minimum atomic E-state index is -0.709. The largest absolute Gasteiger partial charge is 0.494 e. The number of hydrogen-bond acceptors (Lipinski definition) is 5. The highest BCUT2D eigenvalue weighted by Gasteiger charge is 2.67. The number of fused-ring (bicyclic) bond motifs is 1. The number of rotatable bonds is 6. The van der Waals surface area contributed by atoms with Gasteiger partial charge in [-0.1, -0.05) is 31.2 Å². The van der Waals surface area contributed by atoms with Crippen LogP contribution >= 0.6 is 0 Å². The molecule has 0 aliphatic carbocycles. The highest BCUT2D eigenvalue weighted by Crippen LogP contribution is 2.53. The van der Waals surface area contributed by atoms with Crippen LogP contribution in [-0.4, -0.2) is 48.7 Å². The monoisotopic (exact) mass is 371 g/mol. The van der Waals surface area contributed by atoms with Gasteiger partial charge < -0.3 is 19.1 Å². The second-order valence-electron chi connectivity index (χ2n) is 7.32. The first-order valence-electron chi connectivity index (χ1n) is 9.53. The van der Waals surface area contributed by atoms with Crippen LogP contribution in [0.15, 0.2) is 36.4 Å². The molecule has 2 fully saturated rings. The Morgan fingerprint density at radius 1 is 1.33 bits per heavy atom. The minimum Gasteiger partial charge on any atom is -0.494 e. The smallest absolute Gasteiger partial charge is 0.312 e. The maximum absolute atomic E-state index is 13.3. The van der Waals surface area contributed by atoms with Crippen molar-refractivity contribution in [3.63, 3.8) is 0 Å². The van der Waals surface area contributed by atoms with E-state index < -0.39 is 17.4 Å². The lowest BCUT2D eigenvalue weighted by Gasteiger charge is -2.29. The molecule has 1 aromatic carbocycles. The van der Waals surface area contributed by atoms with Gasteiger partial charge in [0.1, 0.15) is 17.3 Å². The van der Waals surface area contributed by atoms with Crippen molar-refractivity contribution in [3.8, 4) is 5.75 Å². The van der Waals surface area contributed by atoms with E-state index in [9.17, 15) is 9.59 Å². The molecule has 1 aromatic rings. The lowest BCUT2D eigenvalue weighted by atomic mass is 9.77. The number of likely N-dealkylation sites (tertiary alicyclic amines) is 1. The fourth-order valence-electron chi connectivity index (χ4n) is 4.79. The Balaban J connectivity index is 1.62. The first-order chi connectivity index (χ1) is 13.0. The highest BCUT2D eigenvalue weighted by molar-refractivity contribution is 5.91. The van der Waals surface area contributed by atoms with Gasteiger partial charge in [0.05, 0.1) is 38.3 Å². The molecule has 6 nitrogen and oxygen atoms in total. The maximum Gasteiger partial charge on any atom is 0.312 e. The Kier molecular flexibility index (Phi) is 4.46. The van der Waals surface area contributed by atoms with Gasteiger partial charge in [0, 0.05) is 0 Å². The van der Waals surface area contributed by atoms with E-state index in [0.29, 0.717) is 13.2 Å². The van der Waals surface area contributed by atoms with Crippen LogP contribution in [0.25, 0.3) is 0 Å². The SMILES string of the molecule is CCOc1ccc(C(CC)N2CC34C=CC(O3)C(C(=O)OC)C4C2=O)cc1. The second kappa shape index (κ2) is 6.68. The van der Waals surface area contributed by atoms with Crippen LogP contribution in [0.4, 0.5) is 0 Å². The summed E-state index contributed by atoms with van der Waals surface area (Å²) in [5.74, 6) is -0.652. The van der Waals surface area contributed by atoms with Crippen LogP contribution in [0.1, 0.15) is 31.9 Å². The number of hydrogen-bond donors (Lipinski definition) is 0. The third-order valence-electron chi connectivity index (χ3n) is 5.94.